The molecule has 208 valence electrons. The fourth-order valence-electron chi connectivity index (χ4n) is 4.39. The molecule has 1 saturated carbocycles. The summed E-state index contributed by atoms with van der Waals surface area (Å²) in [5, 5.41) is 7.46. The van der Waals surface area contributed by atoms with E-state index in [2.05, 4.69) is 26.7 Å². The van der Waals surface area contributed by atoms with Crippen LogP contribution in [0.2, 0.25) is 0 Å². The second-order valence-corrected chi connectivity index (χ2v) is 10.2. The number of nitrogens with two attached hydrogens (primary N) is 1. The predicted octanol–water partition coefficient (Wildman–Crippen LogP) is 4.30. The van der Waals surface area contributed by atoms with Gasteiger partial charge in [0, 0.05) is 44.0 Å². The molecule has 11 heteroatoms. The standard InChI is InChI=1S/C26H40N6O3.2ClH/c1-17-10-11-19-18(14-17)23(32-24(30-19)25(33)28-15-26(2,3)16-35-5)31-21-9-7-6-8-20(21)29-22(27)12-13-34-4;;/h10-11,14,20-21H,6-9,12-13,15-16H2,1-5H3,(H2,27,29)(H,28,33)(H,30,31,32);2*1H/t20-,21+;;/m1../s1. The molecule has 1 aliphatic carbocycles. The molecule has 1 amide bonds. The molecule has 3 rings (SSSR count). The third kappa shape index (κ3) is 9.56. The molecule has 4 N–H and O–H groups in total. The van der Waals surface area contributed by atoms with Crippen molar-refractivity contribution in [3.63, 3.8) is 0 Å². The average molecular weight is 558 g/mol. The maximum absolute atomic E-state index is 13.0. The number of hydrogen-bond donors (Lipinski definition) is 3. The Morgan fingerprint density at radius 1 is 1.16 bits per heavy atom. The Bertz CT molecular complexity index is 1050. The Balaban J connectivity index is 0.00000342. The molecule has 0 saturated heterocycles. The van der Waals surface area contributed by atoms with Crippen molar-refractivity contribution in [2.75, 3.05) is 39.3 Å². The summed E-state index contributed by atoms with van der Waals surface area (Å²) in [7, 11) is 3.32. The van der Waals surface area contributed by atoms with Crippen LogP contribution >= 0.6 is 24.8 Å². The van der Waals surface area contributed by atoms with Gasteiger partial charge in [-0.05, 0) is 31.9 Å². The fourth-order valence-corrected chi connectivity index (χ4v) is 4.39. The molecule has 0 aliphatic heterocycles. The van der Waals surface area contributed by atoms with Crippen molar-refractivity contribution in [1.29, 1.82) is 0 Å². The molecule has 37 heavy (non-hydrogen) atoms. The number of nitrogens with zero attached hydrogens (tertiary/aromatic N) is 3. The van der Waals surface area contributed by atoms with E-state index in [1.54, 1.807) is 14.2 Å². The van der Waals surface area contributed by atoms with Crippen LogP contribution < -0.4 is 16.4 Å². The molecular weight excluding hydrogens is 515 g/mol. The summed E-state index contributed by atoms with van der Waals surface area (Å²) in [5.74, 6) is 1.10. The smallest absolute Gasteiger partial charge is 0.289 e. The largest absolute Gasteiger partial charge is 0.387 e. The number of carbonyl (C=O) groups is 1. The number of aryl methyl sites for hydroxylation is 1. The second kappa shape index (κ2) is 15.3. The molecule has 9 nitrogen and oxygen atoms in total. The number of rotatable bonds is 11. The van der Waals surface area contributed by atoms with Crippen LogP contribution in [0.15, 0.2) is 23.2 Å². The van der Waals surface area contributed by atoms with Crippen molar-refractivity contribution < 1.29 is 14.3 Å². The molecule has 1 heterocycles. The first-order chi connectivity index (χ1) is 16.7. The van der Waals surface area contributed by atoms with Crippen molar-refractivity contribution in [3.05, 3.63) is 29.6 Å². The van der Waals surface area contributed by atoms with Crippen molar-refractivity contribution >= 4 is 53.3 Å². The molecule has 0 bridgehead atoms. The van der Waals surface area contributed by atoms with Crippen LogP contribution in [0.25, 0.3) is 10.9 Å². The molecule has 1 aromatic heterocycles. The van der Waals surface area contributed by atoms with E-state index in [4.69, 9.17) is 20.2 Å². The molecule has 2 atom stereocenters. The van der Waals surface area contributed by atoms with Gasteiger partial charge in [-0.25, -0.2) is 9.97 Å². The summed E-state index contributed by atoms with van der Waals surface area (Å²) in [6, 6.07) is 6.09. The Labute approximate surface area is 232 Å². The van der Waals surface area contributed by atoms with Gasteiger partial charge >= 0.3 is 0 Å². The number of amidine groups is 1. The molecule has 0 spiro atoms. The number of ether oxygens (including phenoxy) is 2. The van der Waals surface area contributed by atoms with E-state index in [0.29, 0.717) is 37.8 Å². The van der Waals surface area contributed by atoms with Crippen molar-refractivity contribution in [3.8, 4) is 0 Å². The first-order valence-electron chi connectivity index (χ1n) is 12.4. The van der Waals surface area contributed by atoms with Gasteiger partial charge in [0.2, 0.25) is 5.82 Å². The van der Waals surface area contributed by atoms with E-state index in [9.17, 15) is 4.79 Å². The maximum Gasteiger partial charge on any atom is 0.289 e. The lowest BCUT2D eigenvalue weighted by molar-refractivity contribution is 0.0839. The van der Waals surface area contributed by atoms with Gasteiger partial charge in [-0.15, -0.1) is 24.8 Å². The summed E-state index contributed by atoms with van der Waals surface area (Å²) in [4.78, 5) is 27.0. The van der Waals surface area contributed by atoms with Crippen molar-refractivity contribution in [1.82, 2.24) is 15.3 Å². The Morgan fingerprint density at radius 3 is 2.59 bits per heavy atom. The first-order valence-corrected chi connectivity index (χ1v) is 12.4. The average Bonchev–Trinajstić information content (AvgIpc) is 2.82. The van der Waals surface area contributed by atoms with E-state index in [1.165, 1.54) is 0 Å². The minimum absolute atomic E-state index is 0. The van der Waals surface area contributed by atoms with Crippen molar-refractivity contribution in [2.45, 2.75) is 65.0 Å². The van der Waals surface area contributed by atoms with Crippen LogP contribution in [-0.2, 0) is 9.47 Å². The number of methoxy groups -OCH3 is 2. The van der Waals surface area contributed by atoms with Gasteiger partial charge in [0.1, 0.15) is 5.82 Å². The highest BCUT2D eigenvalue weighted by molar-refractivity contribution is 5.96. The van der Waals surface area contributed by atoms with Gasteiger partial charge in [-0.2, -0.15) is 0 Å². The lowest BCUT2D eigenvalue weighted by Crippen LogP contribution is -2.38. The van der Waals surface area contributed by atoms with E-state index < -0.39 is 0 Å². The summed E-state index contributed by atoms with van der Waals surface area (Å²) in [6.07, 6.45) is 4.73. The third-order valence-corrected chi connectivity index (χ3v) is 6.26. The van der Waals surface area contributed by atoms with Gasteiger partial charge in [0.15, 0.2) is 0 Å². The van der Waals surface area contributed by atoms with Crippen LogP contribution in [-0.4, -0.2) is 67.8 Å². The monoisotopic (exact) mass is 556 g/mol. The third-order valence-electron chi connectivity index (χ3n) is 6.26. The van der Waals surface area contributed by atoms with Crippen LogP contribution in [0.1, 0.15) is 62.1 Å². The molecule has 1 aromatic carbocycles. The SMILES string of the molecule is COCCC(N)=N[C@@H]1CCCC[C@@H]1Nc1nc(C(=O)NCC(C)(C)COC)nc2ccc(C)cc12.Cl.Cl. The van der Waals surface area contributed by atoms with Crippen LogP contribution in [0, 0.1) is 12.3 Å². The molecule has 1 fully saturated rings. The molecule has 2 aromatic rings. The lowest BCUT2D eigenvalue weighted by atomic mass is 9.90. The summed E-state index contributed by atoms with van der Waals surface area (Å²) in [6.45, 7) is 7.65. The fraction of sp³-hybridized carbons (Fsp3) is 0.615. The normalized spacial score (nSPS) is 18.0. The van der Waals surface area contributed by atoms with Gasteiger partial charge in [-0.3, -0.25) is 9.79 Å². The summed E-state index contributed by atoms with van der Waals surface area (Å²) < 4.78 is 10.4. The second-order valence-electron chi connectivity index (χ2n) is 10.2. The van der Waals surface area contributed by atoms with Crippen LogP contribution in [0.5, 0.6) is 0 Å². The molecule has 1 aliphatic rings. The van der Waals surface area contributed by atoms with E-state index >= 15 is 0 Å². The lowest BCUT2D eigenvalue weighted by Gasteiger charge is -2.30. The van der Waals surface area contributed by atoms with Crippen molar-refractivity contribution in [2.24, 2.45) is 16.1 Å². The molecule has 0 radical (unpaired) electrons. The Hall–Kier alpha value is -2.20. The number of aliphatic imine (C=N–C) groups is 1. The van der Waals surface area contributed by atoms with E-state index in [0.717, 1.165) is 42.1 Å². The minimum atomic E-state index is -0.304. The number of fused-ring (bicyclic) bond motifs is 1. The number of aromatic nitrogens is 2. The maximum atomic E-state index is 13.0. The van der Waals surface area contributed by atoms with Gasteiger partial charge in [-0.1, -0.05) is 38.3 Å². The predicted molar refractivity (Wildman–Crippen MR) is 155 cm³/mol. The number of carbonyl (C=O) groups excluding carboxylic acids is 1. The number of amides is 1. The Kier molecular flexibility index (Phi) is 13.5. The van der Waals surface area contributed by atoms with Crippen LogP contribution in [0.4, 0.5) is 5.82 Å². The number of benzene rings is 1. The zero-order valence-electron chi connectivity index (χ0n) is 22.5. The zero-order chi connectivity index (χ0) is 25.4. The quantitative estimate of drug-likeness (QED) is 0.278. The number of anilines is 1. The zero-order valence-corrected chi connectivity index (χ0v) is 24.1. The number of hydrogen-bond acceptors (Lipinski definition) is 7. The topological polar surface area (TPSA) is 124 Å². The highest BCUT2D eigenvalue weighted by Crippen LogP contribution is 2.28. The minimum Gasteiger partial charge on any atom is -0.387 e. The first kappa shape index (κ1) is 32.8. The van der Waals surface area contributed by atoms with Gasteiger partial charge in [0.25, 0.3) is 5.91 Å². The van der Waals surface area contributed by atoms with Gasteiger partial charge in [0.05, 0.1) is 30.6 Å². The van der Waals surface area contributed by atoms with Gasteiger partial charge < -0.3 is 25.8 Å². The van der Waals surface area contributed by atoms with E-state index in [-0.39, 0.29) is 54.0 Å². The Morgan fingerprint density at radius 2 is 1.89 bits per heavy atom. The van der Waals surface area contributed by atoms with E-state index in [1.807, 2.05) is 32.9 Å². The summed E-state index contributed by atoms with van der Waals surface area (Å²) >= 11 is 0. The highest BCUT2D eigenvalue weighted by atomic mass is 35.5. The highest BCUT2D eigenvalue weighted by Gasteiger charge is 2.27. The molecule has 0 unspecified atom stereocenters. The number of nitrogens with one attached hydrogen (secondary N) is 2. The summed E-state index contributed by atoms with van der Waals surface area (Å²) in [5.41, 5.74) is 7.79. The van der Waals surface area contributed by atoms with Crippen LogP contribution in [0.3, 0.4) is 0 Å². The molecular formula is C26H42Cl2N6O3. The number of halogens is 2.